The Morgan fingerprint density at radius 1 is 1.19 bits per heavy atom. The summed E-state index contributed by atoms with van der Waals surface area (Å²) in [5, 5.41) is 0. The highest BCUT2D eigenvalue weighted by Gasteiger charge is 2.27. The van der Waals surface area contributed by atoms with Gasteiger partial charge in [-0.1, -0.05) is 0 Å². The van der Waals surface area contributed by atoms with E-state index in [0.717, 1.165) is 5.56 Å². The Morgan fingerprint density at radius 2 is 2.12 bits per heavy atom. The van der Waals surface area contributed by atoms with E-state index in [9.17, 15) is 0 Å². The molecule has 0 radical (unpaired) electrons. The summed E-state index contributed by atoms with van der Waals surface area (Å²) < 4.78 is 24.5. The summed E-state index contributed by atoms with van der Waals surface area (Å²) in [7, 11) is 3.16. The van der Waals surface area contributed by atoms with Gasteiger partial charge in [-0.15, -0.1) is 0 Å². The predicted octanol–water partition coefficient (Wildman–Crippen LogP) is 2.25. The maximum absolute atomic E-state index is 6.09. The van der Waals surface area contributed by atoms with Crippen LogP contribution in [-0.4, -0.2) is 40.3 Å². The first-order valence-corrected chi connectivity index (χ1v) is 8.09. The summed E-state index contributed by atoms with van der Waals surface area (Å²) in [5.74, 6) is 2.28. The smallest absolute Gasteiger partial charge is 0.231 e. The zero-order chi connectivity index (χ0) is 17.9. The molecule has 8 heteroatoms. The molecule has 2 aromatic heterocycles. The third kappa shape index (κ3) is 3.13. The van der Waals surface area contributed by atoms with E-state index in [2.05, 4.69) is 15.0 Å². The molecule has 0 N–H and O–H groups in total. The molecule has 134 valence electrons. The molecule has 3 heterocycles. The summed E-state index contributed by atoms with van der Waals surface area (Å²) in [4.78, 5) is 12.6. The predicted molar refractivity (Wildman–Crippen MR) is 91.8 cm³/mol. The third-order valence-electron chi connectivity index (χ3n) is 4.06. The molecule has 0 spiro atoms. The highest BCUT2D eigenvalue weighted by molar-refractivity contribution is 5.55. The van der Waals surface area contributed by atoms with Crippen LogP contribution in [0.3, 0.4) is 0 Å². The number of aromatic nitrogens is 4. The second kappa shape index (κ2) is 6.91. The molecule has 1 aromatic carbocycles. The van der Waals surface area contributed by atoms with Crippen molar-refractivity contribution in [3.63, 3.8) is 0 Å². The van der Waals surface area contributed by atoms with E-state index in [1.54, 1.807) is 39.1 Å². The summed E-state index contributed by atoms with van der Waals surface area (Å²) >= 11 is 0. The Morgan fingerprint density at radius 3 is 2.81 bits per heavy atom. The van der Waals surface area contributed by atoms with Gasteiger partial charge in [0.15, 0.2) is 17.6 Å². The largest absolute Gasteiger partial charge is 0.493 e. The van der Waals surface area contributed by atoms with Crippen LogP contribution in [0.4, 0.5) is 0 Å². The molecule has 8 nitrogen and oxygen atoms in total. The van der Waals surface area contributed by atoms with Crippen LogP contribution in [0.5, 0.6) is 23.1 Å². The first kappa shape index (κ1) is 16.2. The highest BCUT2D eigenvalue weighted by atomic mass is 16.6. The molecule has 1 atom stereocenters. The summed E-state index contributed by atoms with van der Waals surface area (Å²) in [6.45, 7) is 1.01. The second-order valence-electron chi connectivity index (χ2n) is 5.76. The van der Waals surface area contributed by atoms with Crippen molar-refractivity contribution < 1.29 is 18.9 Å². The topological polar surface area (TPSA) is 80.5 Å². The molecule has 26 heavy (non-hydrogen) atoms. The summed E-state index contributed by atoms with van der Waals surface area (Å²) in [6, 6.07) is 3.89. The number of nitrogens with zero attached hydrogens (tertiary/aromatic N) is 4. The molecular formula is C18H18N4O4. The van der Waals surface area contributed by atoms with Gasteiger partial charge in [0.25, 0.3) is 0 Å². The molecule has 0 amide bonds. The van der Waals surface area contributed by atoms with Crippen LogP contribution in [0.25, 0.3) is 0 Å². The molecule has 0 fully saturated rings. The fourth-order valence-electron chi connectivity index (χ4n) is 2.77. The van der Waals surface area contributed by atoms with Crippen LogP contribution in [0.15, 0.2) is 43.2 Å². The first-order valence-electron chi connectivity index (χ1n) is 8.09. The first-order chi connectivity index (χ1) is 12.8. The molecule has 0 bridgehead atoms. The van der Waals surface area contributed by atoms with E-state index >= 15 is 0 Å². The van der Waals surface area contributed by atoms with Crippen molar-refractivity contribution in [2.45, 2.75) is 12.6 Å². The number of hydrogen-bond acceptors (Lipinski definition) is 7. The van der Waals surface area contributed by atoms with Crippen molar-refractivity contribution in [2.24, 2.45) is 0 Å². The number of ether oxygens (including phenoxy) is 4. The normalized spacial score (nSPS) is 15.5. The zero-order valence-electron chi connectivity index (χ0n) is 14.5. The SMILES string of the molecule is COc1cnc(C2COc3cc(Cn4ccnc4)cc(OC)c3O2)cn1. The van der Waals surface area contributed by atoms with Crippen LogP contribution in [-0.2, 0) is 6.54 Å². The van der Waals surface area contributed by atoms with Crippen LogP contribution in [0.2, 0.25) is 0 Å². The van der Waals surface area contributed by atoms with Gasteiger partial charge in [-0.2, -0.15) is 0 Å². The molecule has 1 aliphatic heterocycles. The maximum atomic E-state index is 6.09. The van der Waals surface area contributed by atoms with Gasteiger partial charge in [0, 0.05) is 18.9 Å². The lowest BCUT2D eigenvalue weighted by atomic mass is 10.1. The van der Waals surface area contributed by atoms with Crippen molar-refractivity contribution in [2.75, 3.05) is 20.8 Å². The van der Waals surface area contributed by atoms with Gasteiger partial charge >= 0.3 is 0 Å². The highest BCUT2D eigenvalue weighted by Crippen LogP contribution is 2.44. The number of rotatable bonds is 5. The monoisotopic (exact) mass is 354 g/mol. The van der Waals surface area contributed by atoms with Gasteiger partial charge < -0.3 is 23.5 Å². The quantitative estimate of drug-likeness (QED) is 0.695. The molecule has 4 rings (SSSR count). The maximum Gasteiger partial charge on any atom is 0.231 e. The number of hydrogen-bond donors (Lipinski definition) is 0. The Bertz CT molecular complexity index is 864. The fraction of sp³-hybridized carbons (Fsp3) is 0.278. The zero-order valence-corrected chi connectivity index (χ0v) is 14.5. The lowest BCUT2D eigenvalue weighted by molar-refractivity contribution is 0.0837. The van der Waals surface area contributed by atoms with Crippen LogP contribution < -0.4 is 18.9 Å². The molecule has 0 aliphatic carbocycles. The van der Waals surface area contributed by atoms with Gasteiger partial charge in [0.1, 0.15) is 12.3 Å². The molecule has 0 saturated heterocycles. The van der Waals surface area contributed by atoms with Crippen molar-refractivity contribution in [3.05, 3.63) is 54.5 Å². The Labute approximate surface area is 150 Å². The van der Waals surface area contributed by atoms with Gasteiger partial charge in [0.2, 0.25) is 11.6 Å². The Balaban J connectivity index is 1.59. The van der Waals surface area contributed by atoms with E-state index < -0.39 is 0 Å². The fourth-order valence-corrected chi connectivity index (χ4v) is 2.77. The van der Waals surface area contributed by atoms with Crippen LogP contribution in [0, 0.1) is 0 Å². The van der Waals surface area contributed by atoms with Crippen LogP contribution in [0.1, 0.15) is 17.4 Å². The molecule has 1 aliphatic rings. The van der Waals surface area contributed by atoms with Gasteiger partial charge in [-0.05, 0) is 17.7 Å². The van der Waals surface area contributed by atoms with E-state index in [4.69, 9.17) is 18.9 Å². The average molecular weight is 354 g/mol. The van der Waals surface area contributed by atoms with Crippen molar-refractivity contribution in [1.29, 1.82) is 0 Å². The average Bonchev–Trinajstić information content (AvgIpc) is 3.20. The minimum Gasteiger partial charge on any atom is -0.493 e. The van der Waals surface area contributed by atoms with Gasteiger partial charge in [-0.3, -0.25) is 0 Å². The minimum atomic E-state index is -0.366. The lowest BCUT2D eigenvalue weighted by Gasteiger charge is -2.27. The van der Waals surface area contributed by atoms with E-state index in [0.29, 0.717) is 42.0 Å². The van der Waals surface area contributed by atoms with Crippen LogP contribution >= 0.6 is 0 Å². The number of imidazole rings is 1. The van der Waals surface area contributed by atoms with Gasteiger partial charge in [-0.25, -0.2) is 15.0 Å². The molecule has 0 saturated carbocycles. The van der Waals surface area contributed by atoms with Gasteiger partial charge in [0.05, 0.1) is 32.9 Å². The Hall–Kier alpha value is -3.29. The second-order valence-corrected chi connectivity index (χ2v) is 5.76. The van der Waals surface area contributed by atoms with E-state index in [1.165, 1.54) is 0 Å². The number of fused-ring (bicyclic) bond motifs is 1. The molecular weight excluding hydrogens is 336 g/mol. The van der Waals surface area contributed by atoms with Crippen molar-refractivity contribution in [3.8, 4) is 23.1 Å². The molecule has 1 unspecified atom stereocenters. The number of methoxy groups -OCH3 is 2. The van der Waals surface area contributed by atoms with Crippen molar-refractivity contribution >= 4 is 0 Å². The molecule has 3 aromatic rings. The van der Waals surface area contributed by atoms with E-state index in [1.807, 2.05) is 22.9 Å². The van der Waals surface area contributed by atoms with E-state index in [-0.39, 0.29) is 6.10 Å². The number of benzene rings is 1. The Kier molecular flexibility index (Phi) is 4.30. The lowest BCUT2D eigenvalue weighted by Crippen LogP contribution is -2.23. The standard InChI is InChI=1S/C18H18N4O4/c1-23-14-5-12(9-22-4-3-19-11-22)6-15-18(14)26-16(10-25-15)13-7-21-17(24-2)8-20-13/h3-8,11,16H,9-10H2,1-2H3. The summed E-state index contributed by atoms with van der Waals surface area (Å²) in [6.07, 6.45) is 8.23. The van der Waals surface area contributed by atoms with Crippen molar-refractivity contribution in [1.82, 2.24) is 19.5 Å². The summed E-state index contributed by atoms with van der Waals surface area (Å²) in [5.41, 5.74) is 1.70. The minimum absolute atomic E-state index is 0.339. The third-order valence-corrected chi connectivity index (χ3v) is 4.06.